The maximum Gasteiger partial charge on any atom is 0.259 e. The second-order valence-corrected chi connectivity index (χ2v) is 6.27. The normalized spacial score (nSPS) is 10.4. The fourth-order valence-corrected chi connectivity index (χ4v) is 2.72. The number of aromatic nitrogens is 1. The molecule has 0 bridgehead atoms. The number of furan rings is 1. The molecule has 0 aliphatic heterocycles. The molecule has 0 unspecified atom stereocenters. The number of nitrogens with one attached hydrogen (secondary N) is 1. The molecule has 7 heteroatoms. The van der Waals surface area contributed by atoms with Gasteiger partial charge in [0.05, 0.1) is 31.2 Å². The van der Waals surface area contributed by atoms with Crippen molar-refractivity contribution in [2.45, 2.75) is 13.5 Å². The van der Waals surface area contributed by atoms with Gasteiger partial charge in [0.2, 0.25) is 0 Å². The third kappa shape index (κ3) is 4.37. The molecule has 28 heavy (non-hydrogen) atoms. The Morgan fingerprint density at radius 2 is 1.93 bits per heavy atom. The van der Waals surface area contributed by atoms with Crippen LogP contribution in [0.3, 0.4) is 0 Å². The highest BCUT2D eigenvalue weighted by molar-refractivity contribution is 6.05. The van der Waals surface area contributed by atoms with Crippen LogP contribution in [0.15, 0.2) is 59.3 Å². The van der Waals surface area contributed by atoms with Gasteiger partial charge in [-0.1, -0.05) is 0 Å². The first kappa shape index (κ1) is 19.2. The number of pyridine rings is 1. The fraction of sp³-hybridized carbons (Fsp3) is 0.190. The molecule has 0 radical (unpaired) electrons. The first-order chi connectivity index (χ1) is 13.5. The van der Waals surface area contributed by atoms with Gasteiger partial charge in [-0.05, 0) is 43.3 Å². The molecule has 2 amide bonds. The first-order valence-electron chi connectivity index (χ1n) is 8.68. The van der Waals surface area contributed by atoms with Crippen LogP contribution in [0.25, 0.3) is 0 Å². The van der Waals surface area contributed by atoms with E-state index in [1.54, 1.807) is 74.6 Å². The van der Waals surface area contributed by atoms with Crippen LogP contribution in [0, 0.1) is 6.92 Å². The van der Waals surface area contributed by atoms with Gasteiger partial charge in [0.15, 0.2) is 0 Å². The molecular weight excluding hydrogens is 358 g/mol. The van der Waals surface area contributed by atoms with Crippen molar-refractivity contribution in [2.24, 2.45) is 0 Å². The van der Waals surface area contributed by atoms with Gasteiger partial charge >= 0.3 is 0 Å². The van der Waals surface area contributed by atoms with Crippen molar-refractivity contribution in [3.8, 4) is 5.75 Å². The molecule has 1 aromatic carbocycles. The number of benzene rings is 1. The summed E-state index contributed by atoms with van der Waals surface area (Å²) in [7, 11) is 3.29. The van der Waals surface area contributed by atoms with E-state index in [0.29, 0.717) is 34.9 Å². The Hall–Kier alpha value is -3.61. The Kier molecular flexibility index (Phi) is 5.74. The number of carbonyl (C=O) groups is 2. The molecule has 0 aliphatic carbocycles. The van der Waals surface area contributed by atoms with Crippen LogP contribution >= 0.6 is 0 Å². The number of ether oxygens (including phenoxy) is 1. The second-order valence-electron chi connectivity index (χ2n) is 6.27. The van der Waals surface area contributed by atoms with E-state index in [9.17, 15) is 9.59 Å². The van der Waals surface area contributed by atoms with Crippen LogP contribution in [0.1, 0.15) is 32.2 Å². The minimum atomic E-state index is -0.258. The highest BCUT2D eigenvalue weighted by Gasteiger charge is 2.15. The van der Waals surface area contributed by atoms with Crippen molar-refractivity contribution < 1.29 is 18.7 Å². The van der Waals surface area contributed by atoms with Crippen LogP contribution in [-0.4, -0.2) is 35.9 Å². The Labute approximate surface area is 162 Å². The summed E-state index contributed by atoms with van der Waals surface area (Å²) in [6.07, 6.45) is 3.12. The van der Waals surface area contributed by atoms with Crippen LogP contribution < -0.4 is 10.1 Å². The largest absolute Gasteiger partial charge is 0.497 e. The summed E-state index contributed by atoms with van der Waals surface area (Å²) in [6, 6.07) is 11.9. The van der Waals surface area contributed by atoms with Crippen molar-refractivity contribution >= 4 is 17.5 Å². The van der Waals surface area contributed by atoms with Gasteiger partial charge in [-0.3, -0.25) is 14.6 Å². The number of methoxy groups -OCH3 is 1. The molecule has 2 heterocycles. The van der Waals surface area contributed by atoms with Crippen molar-refractivity contribution in [2.75, 3.05) is 19.5 Å². The smallest absolute Gasteiger partial charge is 0.259 e. The summed E-state index contributed by atoms with van der Waals surface area (Å²) in [5.74, 6) is 0.843. The molecule has 0 fully saturated rings. The van der Waals surface area contributed by atoms with E-state index in [1.807, 2.05) is 0 Å². The zero-order valence-corrected chi connectivity index (χ0v) is 15.9. The lowest BCUT2D eigenvalue weighted by Gasteiger charge is -2.17. The first-order valence-corrected chi connectivity index (χ1v) is 8.68. The molecule has 7 nitrogen and oxygen atoms in total. The number of hydrogen-bond acceptors (Lipinski definition) is 5. The van der Waals surface area contributed by atoms with Crippen molar-refractivity contribution in [1.82, 2.24) is 9.88 Å². The van der Waals surface area contributed by atoms with Crippen LogP contribution in [0.5, 0.6) is 5.75 Å². The number of aryl methyl sites for hydroxylation is 1. The quantitative estimate of drug-likeness (QED) is 0.708. The molecule has 144 valence electrons. The Morgan fingerprint density at radius 1 is 1.18 bits per heavy atom. The topological polar surface area (TPSA) is 84.7 Å². The average Bonchev–Trinajstić information content (AvgIpc) is 3.14. The zero-order chi connectivity index (χ0) is 20.1. The zero-order valence-electron chi connectivity index (χ0n) is 15.9. The Bertz CT molecular complexity index is 979. The molecule has 0 aliphatic rings. The van der Waals surface area contributed by atoms with E-state index in [-0.39, 0.29) is 11.8 Å². The van der Waals surface area contributed by atoms with Gasteiger partial charge in [0, 0.05) is 30.6 Å². The molecule has 0 saturated heterocycles. The molecule has 3 aromatic rings. The molecular formula is C21H21N3O4. The van der Waals surface area contributed by atoms with Gasteiger partial charge in [0.25, 0.3) is 11.8 Å². The number of rotatable bonds is 6. The van der Waals surface area contributed by atoms with Gasteiger partial charge in [-0.15, -0.1) is 0 Å². The summed E-state index contributed by atoms with van der Waals surface area (Å²) in [6.45, 7) is 2.08. The average molecular weight is 379 g/mol. The van der Waals surface area contributed by atoms with Crippen LogP contribution in [0.2, 0.25) is 0 Å². The maximum absolute atomic E-state index is 12.6. The molecule has 0 atom stereocenters. The third-order valence-corrected chi connectivity index (χ3v) is 4.26. The predicted molar refractivity (Wildman–Crippen MR) is 104 cm³/mol. The summed E-state index contributed by atoms with van der Waals surface area (Å²) in [4.78, 5) is 30.7. The van der Waals surface area contributed by atoms with E-state index < -0.39 is 0 Å². The number of nitrogens with zero attached hydrogens (tertiary/aromatic N) is 2. The minimum absolute atomic E-state index is 0.145. The number of hydrogen-bond donors (Lipinski definition) is 1. The van der Waals surface area contributed by atoms with Crippen LogP contribution in [0.4, 0.5) is 5.69 Å². The van der Waals surface area contributed by atoms with Crippen molar-refractivity contribution in [1.29, 1.82) is 0 Å². The lowest BCUT2D eigenvalue weighted by atomic mass is 10.1. The predicted octanol–water partition coefficient (Wildman–Crippen LogP) is 3.52. The second kappa shape index (κ2) is 8.39. The van der Waals surface area contributed by atoms with E-state index >= 15 is 0 Å². The maximum atomic E-state index is 12.6. The summed E-state index contributed by atoms with van der Waals surface area (Å²) in [5, 5.41) is 2.79. The number of anilines is 1. The van der Waals surface area contributed by atoms with Gasteiger partial charge < -0.3 is 19.4 Å². The van der Waals surface area contributed by atoms with Gasteiger partial charge in [0.1, 0.15) is 11.5 Å². The van der Waals surface area contributed by atoms with Crippen molar-refractivity contribution in [3.05, 3.63) is 77.5 Å². The van der Waals surface area contributed by atoms with E-state index in [1.165, 1.54) is 6.26 Å². The van der Waals surface area contributed by atoms with E-state index in [0.717, 1.165) is 5.69 Å². The van der Waals surface area contributed by atoms with E-state index in [4.69, 9.17) is 9.15 Å². The third-order valence-electron chi connectivity index (χ3n) is 4.26. The highest BCUT2D eigenvalue weighted by atomic mass is 16.5. The number of carbonyl (C=O) groups excluding carboxylic acids is 2. The van der Waals surface area contributed by atoms with Gasteiger partial charge in [-0.25, -0.2) is 0 Å². The monoisotopic (exact) mass is 379 g/mol. The van der Waals surface area contributed by atoms with Crippen molar-refractivity contribution in [3.63, 3.8) is 0 Å². The minimum Gasteiger partial charge on any atom is -0.497 e. The van der Waals surface area contributed by atoms with Crippen LogP contribution in [-0.2, 0) is 6.54 Å². The molecule has 1 N–H and O–H groups in total. The summed E-state index contributed by atoms with van der Waals surface area (Å²) >= 11 is 0. The van der Waals surface area contributed by atoms with E-state index in [2.05, 4.69) is 10.3 Å². The Balaban J connectivity index is 1.64. The lowest BCUT2D eigenvalue weighted by Crippen LogP contribution is -2.26. The molecule has 0 spiro atoms. The standard InChI is InChI=1S/C21H21N3O4/c1-14-19(9-11-28-14)20(25)23-16-6-4-15(5-7-16)21(26)24(2)13-17-12-18(27-3)8-10-22-17/h4-12H,13H2,1-3H3,(H,23,25). The molecule has 0 saturated carbocycles. The molecule has 3 rings (SSSR count). The highest BCUT2D eigenvalue weighted by Crippen LogP contribution is 2.16. The Morgan fingerprint density at radius 3 is 2.57 bits per heavy atom. The SMILES string of the molecule is COc1ccnc(CN(C)C(=O)c2ccc(NC(=O)c3ccoc3C)cc2)c1. The number of amides is 2. The summed E-state index contributed by atoms with van der Waals surface area (Å²) in [5.41, 5.74) is 2.32. The summed E-state index contributed by atoms with van der Waals surface area (Å²) < 4.78 is 10.3. The fourth-order valence-electron chi connectivity index (χ4n) is 2.72. The molecule has 2 aromatic heterocycles. The van der Waals surface area contributed by atoms with Gasteiger partial charge in [-0.2, -0.15) is 0 Å². The lowest BCUT2D eigenvalue weighted by molar-refractivity contribution is 0.0783.